The molecule has 1 aromatic heterocycles. The molecule has 0 radical (unpaired) electrons. The van der Waals surface area contributed by atoms with Crippen LogP contribution in [0.25, 0.3) is 0 Å². The monoisotopic (exact) mass is 490 g/mol. The number of ketones is 1. The molecule has 0 fully saturated rings. The largest absolute Gasteiger partial charge is 0.486 e. The van der Waals surface area contributed by atoms with Gasteiger partial charge in [0.25, 0.3) is 5.91 Å². The molecule has 5 rings (SSSR count). The Kier molecular flexibility index (Phi) is 6.37. The van der Waals surface area contributed by atoms with Crippen LogP contribution in [0.1, 0.15) is 28.2 Å². The maximum Gasteiger partial charge on any atom is 0.310 e. The second-order valence-electron chi connectivity index (χ2n) is 8.77. The number of anilines is 1. The summed E-state index contributed by atoms with van der Waals surface area (Å²) in [6.07, 6.45) is -1.53. The van der Waals surface area contributed by atoms with Crippen molar-refractivity contribution in [2.75, 3.05) is 18.5 Å². The molecule has 186 valence electrons. The van der Waals surface area contributed by atoms with Gasteiger partial charge in [0.15, 0.2) is 30.3 Å². The first-order valence-electron chi connectivity index (χ1n) is 11.7. The number of aromatic nitrogens is 1. The minimum Gasteiger partial charge on any atom is -0.486 e. The van der Waals surface area contributed by atoms with E-state index in [-0.39, 0.29) is 18.3 Å². The summed E-state index contributed by atoms with van der Waals surface area (Å²) in [4.78, 5) is 37.4. The van der Waals surface area contributed by atoms with Gasteiger partial charge in [-0.05, 0) is 44.2 Å². The molecule has 3 heterocycles. The fourth-order valence-electron chi connectivity index (χ4n) is 4.38. The number of ether oxygens (including phenoxy) is 4. The van der Waals surface area contributed by atoms with Crippen molar-refractivity contribution in [1.29, 1.82) is 0 Å². The van der Waals surface area contributed by atoms with Crippen LogP contribution in [-0.4, -0.2) is 47.6 Å². The Morgan fingerprint density at radius 2 is 1.75 bits per heavy atom. The van der Waals surface area contributed by atoms with Gasteiger partial charge in [-0.25, -0.2) is 0 Å². The minimum absolute atomic E-state index is 0.211. The number of fused-ring (bicyclic) bond motifs is 2. The predicted molar refractivity (Wildman–Crippen MR) is 130 cm³/mol. The van der Waals surface area contributed by atoms with E-state index in [2.05, 4.69) is 5.32 Å². The van der Waals surface area contributed by atoms with Crippen LogP contribution in [0, 0.1) is 13.8 Å². The van der Waals surface area contributed by atoms with E-state index < -0.39 is 24.6 Å². The van der Waals surface area contributed by atoms with Crippen molar-refractivity contribution >= 4 is 23.3 Å². The number of hydrogen-bond donors (Lipinski definition) is 1. The highest BCUT2D eigenvalue weighted by atomic mass is 16.6. The van der Waals surface area contributed by atoms with Crippen LogP contribution in [0.2, 0.25) is 0 Å². The van der Waals surface area contributed by atoms with Crippen LogP contribution in [0.4, 0.5) is 5.69 Å². The number of carbonyl (C=O) groups excluding carboxylic acids is 3. The van der Waals surface area contributed by atoms with Gasteiger partial charge in [0, 0.05) is 17.0 Å². The Morgan fingerprint density at radius 3 is 2.56 bits per heavy atom. The lowest BCUT2D eigenvalue weighted by Crippen LogP contribution is -2.39. The number of para-hydroxylation sites is 4. The summed E-state index contributed by atoms with van der Waals surface area (Å²) in [5.41, 5.74) is 2.66. The zero-order valence-corrected chi connectivity index (χ0v) is 20.0. The van der Waals surface area contributed by atoms with Gasteiger partial charge >= 0.3 is 5.97 Å². The quantitative estimate of drug-likeness (QED) is 0.399. The number of aryl methyl sites for hydroxylation is 1. The number of carbonyl (C=O) groups is 3. The highest BCUT2D eigenvalue weighted by Crippen LogP contribution is 2.32. The molecule has 1 N–H and O–H groups in total. The van der Waals surface area contributed by atoms with E-state index in [1.165, 1.54) is 0 Å². The van der Waals surface area contributed by atoms with Crippen LogP contribution in [-0.2, 0) is 20.9 Å². The molecule has 0 saturated heterocycles. The van der Waals surface area contributed by atoms with Crippen LogP contribution < -0.4 is 19.5 Å². The van der Waals surface area contributed by atoms with Crippen LogP contribution >= 0.6 is 0 Å². The molecule has 2 aliphatic rings. The standard InChI is InChI=1S/C27H26N2O7/c1-16-11-19(17(2)29(16)13-18-14-33-23-9-5-6-10-24(23)35-18)21(30)15-34-26(31)12-25-27(32)28-20-7-3-4-8-22(20)36-25/h3-11,18,25H,12-15H2,1-2H3,(H,28,32). The number of Topliss-reactive ketones (excluding diaryl/α,β-unsaturated/α-hetero) is 1. The summed E-state index contributed by atoms with van der Waals surface area (Å²) >= 11 is 0. The smallest absolute Gasteiger partial charge is 0.310 e. The van der Waals surface area contributed by atoms with E-state index >= 15 is 0 Å². The first-order chi connectivity index (χ1) is 17.4. The van der Waals surface area contributed by atoms with Gasteiger partial charge in [-0.1, -0.05) is 24.3 Å². The summed E-state index contributed by atoms with van der Waals surface area (Å²) in [7, 11) is 0. The number of benzene rings is 2. The third kappa shape index (κ3) is 4.77. The van der Waals surface area contributed by atoms with Gasteiger partial charge in [-0.3, -0.25) is 14.4 Å². The third-order valence-electron chi connectivity index (χ3n) is 6.25. The molecule has 2 atom stereocenters. The van der Waals surface area contributed by atoms with E-state index in [0.29, 0.717) is 41.7 Å². The van der Waals surface area contributed by atoms with E-state index in [0.717, 1.165) is 11.4 Å². The Bertz CT molecular complexity index is 1330. The summed E-state index contributed by atoms with van der Waals surface area (Å²) < 4.78 is 24.6. The van der Waals surface area contributed by atoms with E-state index in [1.54, 1.807) is 30.3 Å². The number of nitrogens with one attached hydrogen (secondary N) is 1. The molecule has 2 aliphatic heterocycles. The van der Waals surface area contributed by atoms with Gasteiger partial charge < -0.3 is 28.8 Å². The number of esters is 1. The Morgan fingerprint density at radius 1 is 1.03 bits per heavy atom. The summed E-state index contributed by atoms with van der Waals surface area (Å²) in [6.45, 7) is 4.23. The molecule has 1 amide bonds. The zero-order chi connectivity index (χ0) is 25.2. The highest BCUT2D eigenvalue weighted by Gasteiger charge is 2.31. The SMILES string of the molecule is Cc1cc(C(=O)COC(=O)CC2Oc3ccccc3NC2=O)c(C)n1CC1COc2ccccc2O1. The van der Waals surface area contributed by atoms with Gasteiger partial charge in [0.1, 0.15) is 12.4 Å². The predicted octanol–water partition coefficient (Wildman–Crippen LogP) is 3.46. The minimum atomic E-state index is -1.02. The van der Waals surface area contributed by atoms with Crippen LogP contribution in [0.15, 0.2) is 54.6 Å². The molecule has 0 aliphatic carbocycles. The molecule has 0 bridgehead atoms. The summed E-state index contributed by atoms with van der Waals surface area (Å²) in [5, 5.41) is 2.70. The lowest BCUT2D eigenvalue weighted by atomic mass is 10.1. The maximum atomic E-state index is 12.9. The van der Waals surface area contributed by atoms with E-state index in [9.17, 15) is 14.4 Å². The number of hydrogen-bond acceptors (Lipinski definition) is 7. The van der Waals surface area contributed by atoms with Crippen molar-refractivity contribution in [3.63, 3.8) is 0 Å². The first kappa shape index (κ1) is 23.5. The summed E-state index contributed by atoms with van der Waals surface area (Å²) in [6, 6.07) is 16.2. The Hall–Kier alpha value is -4.27. The van der Waals surface area contributed by atoms with Gasteiger partial charge in [-0.2, -0.15) is 0 Å². The van der Waals surface area contributed by atoms with Crippen molar-refractivity contribution in [1.82, 2.24) is 4.57 Å². The highest BCUT2D eigenvalue weighted by molar-refractivity contribution is 6.01. The van der Waals surface area contributed by atoms with Crippen molar-refractivity contribution < 1.29 is 33.3 Å². The molecule has 0 saturated carbocycles. The maximum absolute atomic E-state index is 12.9. The zero-order valence-electron chi connectivity index (χ0n) is 20.0. The van der Waals surface area contributed by atoms with Crippen molar-refractivity contribution in [3.8, 4) is 17.2 Å². The van der Waals surface area contributed by atoms with Crippen LogP contribution in [0.3, 0.4) is 0 Å². The topological polar surface area (TPSA) is 105 Å². The fraction of sp³-hybridized carbons (Fsp3) is 0.296. The molecule has 2 aromatic carbocycles. The molecule has 2 unspecified atom stereocenters. The van der Waals surface area contributed by atoms with Crippen molar-refractivity contribution in [2.45, 2.75) is 39.0 Å². The molecule has 36 heavy (non-hydrogen) atoms. The van der Waals surface area contributed by atoms with Gasteiger partial charge in [0.2, 0.25) is 5.78 Å². The molecule has 3 aromatic rings. The van der Waals surface area contributed by atoms with Gasteiger partial charge in [-0.15, -0.1) is 0 Å². The average molecular weight is 491 g/mol. The Balaban J connectivity index is 1.17. The normalized spacial score (nSPS) is 18.0. The molecular weight excluding hydrogens is 464 g/mol. The lowest BCUT2D eigenvalue weighted by Gasteiger charge is -2.27. The van der Waals surface area contributed by atoms with Crippen molar-refractivity contribution in [2.24, 2.45) is 0 Å². The second kappa shape index (κ2) is 9.77. The number of nitrogens with zero attached hydrogens (tertiary/aromatic N) is 1. The Labute approximate surface area is 207 Å². The molecule has 9 heteroatoms. The number of rotatable bonds is 7. The van der Waals surface area contributed by atoms with Crippen molar-refractivity contribution in [3.05, 3.63) is 71.5 Å². The summed E-state index contributed by atoms with van der Waals surface area (Å²) in [5.74, 6) is 0.439. The first-order valence-corrected chi connectivity index (χ1v) is 11.7. The molecular formula is C27H26N2O7. The second-order valence-corrected chi connectivity index (χ2v) is 8.77. The fourth-order valence-corrected chi connectivity index (χ4v) is 4.38. The van der Waals surface area contributed by atoms with Gasteiger partial charge in [0.05, 0.1) is 18.7 Å². The average Bonchev–Trinajstić information content (AvgIpc) is 3.16. The number of amides is 1. The van der Waals surface area contributed by atoms with E-state index in [1.807, 2.05) is 42.7 Å². The van der Waals surface area contributed by atoms with E-state index in [4.69, 9.17) is 18.9 Å². The lowest BCUT2D eigenvalue weighted by molar-refractivity contribution is -0.146. The van der Waals surface area contributed by atoms with Crippen LogP contribution in [0.5, 0.6) is 17.2 Å². The molecule has 9 nitrogen and oxygen atoms in total. The molecule has 0 spiro atoms. The third-order valence-corrected chi connectivity index (χ3v) is 6.25.